The second kappa shape index (κ2) is 8.89. The van der Waals surface area contributed by atoms with Crippen LogP contribution in [-0.4, -0.2) is 11.8 Å². The number of anilines is 1. The molecule has 0 atom stereocenters. The number of hydrazine groups is 1. The number of ether oxygens (including phenoxy) is 1. The van der Waals surface area contributed by atoms with Crippen molar-refractivity contribution in [2.45, 2.75) is 6.61 Å². The van der Waals surface area contributed by atoms with Crippen LogP contribution in [0.15, 0.2) is 78.4 Å². The van der Waals surface area contributed by atoms with Gasteiger partial charge in [0.1, 0.15) is 17.9 Å². The standard InChI is InChI=1S/C23H16ClIN2O3/c24-17-9-6-15(7-10-17)14-30-21-11-8-16(13-20(21)25)12-19-22(28)26-27(23(19)29)18-4-2-1-3-5-18/h1-13H,14H2,(H,26,28)/b19-12-. The van der Waals surface area contributed by atoms with Crippen LogP contribution in [0.2, 0.25) is 5.02 Å². The molecule has 0 aliphatic carbocycles. The minimum absolute atomic E-state index is 0.0875. The minimum Gasteiger partial charge on any atom is -0.488 e. The van der Waals surface area contributed by atoms with E-state index in [0.717, 1.165) is 20.4 Å². The number of nitrogens with zero attached hydrogens (tertiary/aromatic N) is 1. The van der Waals surface area contributed by atoms with E-state index < -0.39 is 5.91 Å². The lowest BCUT2D eigenvalue weighted by Gasteiger charge is -2.13. The third-order valence-electron chi connectivity index (χ3n) is 4.48. The van der Waals surface area contributed by atoms with E-state index >= 15 is 0 Å². The van der Waals surface area contributed by atoms with Gasteiger partial charge in [0.2, 0.25) is 0 Å². The molecule has 1 N–H and O–H groups in total. The predicted molar refractivity (Wildman–Crippen MR) is 125 cm³/mol. The molecule has 1 heterocycles. The summed E-state index contributed by atoms with van der Waals surface area (Å²) in [4.78, 5) is 25.0. The molecule has 3 aromatic rings. The van der Waals surface area contributed by atoms with Crippen LogP contribution < -0.4 is 15.2 Å². The van der Waals surface area contributed by atoms with Crippen LogP contribution in [-0.2, 0) is 16.2 Å². The Hall–Kier alpha value is -2.84. The van der Waals surface area contributed by atoms with Crippen LogP contribution in [0.5, 0.6) is 5.75 Å². The average Bonchev–Trinajstić information content (AvgIpc) is 3.03. The lowest BCUT2D eigenvalue weighted by atomic mass is 10.1. The molecule has 150 valence electrons. The number of amides is 2. The smallest absolute Gasteiger partial charge is 0.282 e. The van der Waals surface area contributed by atoms with Crippen molar-refractivity contribution in [2.75, 3.05) is 5.01 Å². The third-order valence-corrected chi connectivity index (χ3v) is 5.58. The highest BCUT2D eigenvalue weighted by molar-refractivity contribution is 14.1. The molecule has 0 aromatic heterocycles. The summed E-state index contributed by atoms with van der Waals surface area (Å²) in [5.74, 6) is -0.0907. The van der Waals surface area contributed by atoms with Crippen LogP contribution in [0.4, 0.5) is 5.69 Å². The second-order valence-electron chi connectivity index (χ2n) is 6.58. The molecule has 1 aliphatic heterocycles. The topological polar surface area (TPSA) is 58.6 Å². The molecule has 30 heavy (non-hydrogen) atoms. The van der Waals surface area contributed by atoms with Gasteiger partial charge in [0, 0.05) is 5.02 Å². The van der Waals surface area contributed by atoms with E-state index in [-0.39, 0.29) is 11.5 Å². The first-order chi connectivity index (χ1) is 14.5. The van der Waals surface area contributed by atoms with E-state index in [2.05, 4.69) is 28.0 Å². The first-order valence-corrected chi connectivity index (χ1v) is 10.6. The largest absolute Gasteiger partial charge is 0.488 e. The monoisotopic (exact) mass is 530 g/mol. The Balaban J connectivity index is 1.50. The Morgan fingerprint density at radius 3 is 2.43 bits per heavy atom. The van der Waals surface area contributed by atoms with Crippen molar-refractivity contribution in [3.05, 3.63) is 98.1 Å². The SMILES string of the molecule is O=C1NN(c2ccccc2)C(=O)/C1=C\c1ccc(OCc2ccc(Cl)cc2)c(I)c1. The zero-order valence-electron chi connectivity index (χ0n) is 15.6. The minimum atomic E-state index is -0.429. The Morgan fingerprint density at radius 1 is 1.00 bits per heavy atom. The number of carbonyl (C=O) groups excluding carboxylic acids is 2. The van der Waals surface area contributed by atoms with Crippen LogP contribution in [0.3, 0.4) is 0 Å². The maximum absolute atomic E-state index is 12.7. The van der Waals surface area contributed by atoms with Gasteiger partial charge in [-0.3, -0.25) is 15.0 Å². The van der Waals surface area contributed by atoms with Crippen molar-refractivity contribution >= 4 is 57.8 Å². The highest BCUT2D eigenvalue weighted by atomic mass is 127. The molecule has 0 unspecified atom stereocenters. The van der Waals surface area contributed by atoms with Crippen molar-refractivity contribution in [1.82, 2.24) is 5.43 Å². The Bertz CT molecular complexity index is 1130. The van der Waals surface area contributed by atoms with Crippen LogP contribution >= 0.6 is 34.2 Å². The third kappa shape index (κ3) is 4.49. The number of hydrogen-bond donors (Lipinski definition) is 1. The summed E-state index contributed by atoms with van der Waals surface area (Å²) in [6, 6.07) is 22.0. The fourth-order valence-corrected chi connectivity index (χ4v) is 3.77. The van der Waals surface area contributed by atoms with Gasteiger partial charge >= 0.3 is 0 Å². The van der Waals surface area contributed by atoms with E-state index in [1.165, 1.54) is 5.01 Å². The Kier molecular flexibility index (Phi) is 6.06. The molecule has 1 fully saturated rings. The molecule has 7 heteroatoms. The molecule has 4 rings (SSSR count). The first-order valence-electron chi connectivity index (χ1n) is 9.10. The molecular formula is C23H16ClIN2O3. The molecule has 0 spiro atoms. The lowest BCUT2D eigenvalue weighted by Crippen LogP contribution is -2.35. The summed E-state index contributed by atoms with van der Waals surface area (Å²) >= 11 is 8.08. The number of hydrogen-bond acceptors (Lipinski definition) is 3. The molecule has 3 aromatic carbocycles. The molecule has 0 bridgehead atoms. The predicted octanol–water partition coefficient (Wildman–Crippen LogP) is 4.99. The lowest BCUT2D eigenvalue weighted by molar-refractivity contribution is -0.117. The van der Waals surface area contributed by atoms with Gasteiger partial charge in [-0.25, -0.2) is 5.01 Å². The molecule has 0 saturated carbocycles. The highest BCUT2D eigenvalue weighted by Gasteiger charge is 2.34. The fraction of sp³-hybridized carbons (Fsp3) is 0.0435. The zero-order chi connectivity index (χ0) is 21.1. The van der Waals surface area contributed by atoms with E-state index in [9.17, 15) is 9.59 Å². The van der Waals surface area contributed by atoms with Crippen molar-refractivity contribution in [1.29, 1.82) is 0 Å². The number of carbonyl (C=O) groups is 2. The van der Waals surface area contributed by atoms with E-state index in [1.54, 1.807) is 18.2 Å². The second-order valence-corrected chi connectivity index (χ2v) is 8.18. The van der Waals surface area contributed by atoms with Gasteiger partial charge in [0.15, 0.2) is 0 Å². The molecule has 5 nitrogen and oxygen atoms in total. The molecular weight excluding hydrogens is 515 g/mol. The van der Waals surface area contributed by atoms with Gasteiger partial charge in [0.25, 0.3) is 11.8 Å². The number of benzene rings is 3. The van der Waals surface area contributed by atoms with Crippen molar-refractivity contribution in [3.8, 4) is 5.75 Å². The fourth-order valence-electron chi connectivity index (χ4n) is 2.95. The maximum Gasteiger partial charge on any atom is 0.282 e. The highest BCUT2D eigenvalue weighted by Crippen LogP contribution is 2.26. The summed E-state index contributed by atoms with van der Waals surface area (Å²) in [5, 5.41) is 1.94. The van der Waals surface area contributed by atoms with E-state index in [4.69, 9.17) is 16.3 Å². The summed E-state index contributed by atoms with van der Waals surface area (Å²) in [6.07, 6.45) is 1.59. The maximum atomic E-state index is 12.7. The summed E-state index contributed by atoms with van der Waals surface area (Å²) in [6.45, 7) is 0.417. The van der Waals surface area contributed by atoms with Gasteiger partial charge in [-0.2, -0.15) is 0 Å². The molecule has 1 saturated heterocycles. The first kappa shape index (κ1) is 20.4. The number of para-hydroxylation sites is 1. The molecule has 0 radical (unpaired) electrons. The van der Waals surface area contributed by atoms with Crippen molar-refractivity contribution in [2.24, 2.45) is 0 Å². The van der Waals surface area contributed by atoms with Crippen molar-refractivity contribution in [3.63, 3.8) is 0 Å². The summed E-state index contributed by atoms with van der Waals surface area (Å²) in [7, 11) is 0. The average molecular weight is 531 g/mol. The summed E-state index contributed by atoms with van der Waals surface area (Å²) in [5.41, 5.74) is 5.05. The Morgan fingerprint density at radius 2 is 1.73 bits per heavy atom. The number of rotatable bonds is 5. The van der Waals surface area contributed by atoms with Crippen LogP contribution in [0, 0.1) is 3.57 Å². The quantitative estimate of drug-likeness (QED) is 0.287. The molecule has 2 amide bonds. The van der Waals surface area contributed by atoms with Crippen LogP contribution in [0.1, 0.15) is 11.1 Å². The van der Waals surface area contributed by atoms with Gasteiger partial charge in [-0.15, -0.1) is 0 Å². The Labute approximate surface area is 192 Å². The molecule has 1 aliphatic rings. The van der Waals surface area contributed by atoms with Gasteiger partial charge in [-0.1, -0.05) is 48.0 Å². The van der Waals surface area contributed by atoms with Gasteiger partial charge in [-0.05, 0) is 76.2 Å². The normalized spacial score (nSPS) is 14.9. The summed E-state index contributed by atoms with van der Waals surface area (Å²) < 4.78 is 6.76. The number of halogens is 2. The zero-order valence-corrected chi connectivity index (χ0v) is 18.6. The number of nitrogens with one attached hydrogen (secondary N) is 1. The van der Waals surface area contributed by atoms with E-state index in [1.807, 2.05) is 60.7 Å². The van der Waals surface area contributed by atoms with E-state index in [0.29, 0.717) is 17.3 Å². The van der Waals surface area contributed by atoms with Crippen molar-refractivity contribution < 1.29 is 14.3 Å². The van der Waals surface area contributed by atoms with Gasteiger partial charge in [0.05, 0.1) is 9.26 Å². The van der Waals surface area contributed by atoms with Gasteiger partial charge < -0.3 is 4.74 Å². The van der Waals surface area contributed by atoms with Crippen LogP contribution in [0.25, 0.3) is 6.08 Å².